The molecule has 2 unspecified atom stereocenters. The minimum Gasteiger partial charge on any atom is -0.468 e. The number of rotatable bonds is 10. The van der Waals surface area contributed by atoms with Crippen LogP contribution in [0.15, 0.2) is 0 Å². The monoisotopic (exact) mass is 273 g/mol. The number of hydrogen-bond acceptors (Lipinski definition) is 4. The highest BCUT2D eigenvalue weighted by molar-refractivity contribution is 5.80. The van der Waals surface area contributed by atoms with Crippen LogP contribution in [0.3, 0.4) is 0 Å². The molecular weight excluding hydrogens is 242 g/mol. The van der Waals surface area contributed by atoms with Crippen molar-refractivity contribution in [2.45, 2.75) is 78.0 Å². The molecule has 0 aliphatic carbocycles. The van der Waals surface area contributed by atoms with Crippen LogP contribution in [-0.2, 0) is 14.3 Å². The molecule has 0 aromatic heterocycles. The lowest BCUT2D eigenvalue weighted by atomic mass is 9.95. The minimum absolute atomic E-state index is 0.206. The Kier molecular flexibility index (Phi) is 9.02. The first-order valence-electron chi connectivity index (χ1n) is 7.33. The van der Waals surface area contributed by atoms with Crippen LogP contribution in [0.2, 0.25) is 0 Å². The fourth-order valence-electron chi connectivity index (χ4n) is 2.30. The van der Waals surface area contributed by atoms with Gasteiger partial charge < -0.3 is 9.47 Å². The molecular formula is C15H31NO3. The van der Waals surface area contributed by atoms with E-state index < -0.39 is 5.54 Å². The van der Waals surface area contributed by atoms with E-state index in [1.54, 1.807) is 0 Å². The Morgan fingerprint density at radius 1 is 1.32 bits per heavy atom. The zero-order valence-corrected chi connectivity index (χ0v) is 13.4. The van der Waals surface area contributed by atoms with Crippen molar-refractivity contribution in [3.63, 3.8) is 0 Å². The molecule has 0 saturated carbocycles. The summed E-state index contributed by atoms with van der Waals surface area (Å²) in [4.78, 5) is 11.9. The molecule has 0 aromatic rings. The maximum absolute atomic E-state index is 11.9. The molecule has 19 heavy (non-hydrogen) atoms. The third-order valence-electron chi connectivity index (χ3n) is 3.16. The van der Waals surface area contributed by atoms with Crippen molar-refractivity contribution in [2.24, 2.45) is 0 Å². The van der Waals surface area contributed by atoms with Crippen molar-refractivity contribution in [2.75, 3.05) is 13.7 Å². The quantitative estimate of drug-likeness (QED) is 0.491. The van der Waals surface area contributed by atoms with Crippen LogP contribution < -0.4 is 5.32 Å². The van der Waals surface area contributed by atoms with Gasteiger partial charge in [0.1, 0.15) is 5.54 Å². The molecule has 0 bridgehead atoms. The van der Waals surface area contributed by atoms with Gasteiger partial charge in [-0.15, -0.1) is 0 Å². The summed E-state index contributed by atoms with van der Waals surface area (Å²) in [5.41, 5.74) is -0.625. The van der Waals surface area contributed by atoms with Crippen LogP contribution in [0.5, 0.6) is 0 Å². The number of esters is 1. The Balaban J connectivity index is 4.17. The van der Waals surface area contributed by atoms with Crippen LogP contribution in [-0.4, -0.2) is 37.4 Å². The maximum Gasteiger partial charge on any atom is 0.325 e. The molecule has 0 aliphatic heterocycles. The van der Waals surface area contributed by atoms with Gasteiger partial charge in [0.05, 0.1) is 13.2 Å². The van der Waals surface area contributed by atoms with E-state index >= 15 is 0 Å². The lowest BCUT2D eigenvalue weighted by molar-refractivity contribution is -0.148. The first-order valence-corrected chi connectivity index (χ1v) is 7.33. The smallest absolute Gasteiger partial charge is 0.325 e. The molecule has 0 heterocycles. The molecule has 0 spiro atoms. The van der Waals surface area contributed by atoms with Gasteiger partial charge in [0.15, 0.2) is 0 Å². The SMILES string of the molecule is CCCC(C)OCCCC(C)(NC(C)C)C(=O)OC. The van der Waals surface area contributed by atoms with E-state index in [1.165, 1.54) is 7.11 Å². The molecule has 2 atom stereocenters. The Hall–Kier alpha value is -0.610. The van der Waals surface area contributed by atoms with Gasteiger partial charge in [0.2, 0.25) is 0 Å². The van der Waals surface area contributed by atoms with Crippen LogP contribution in [0.25, 0.3) is 0 Å². The van der Waals surface area contributed by atoms with E-state index in [1.807, 2.05) is 20.8 Å². The zero-order chi connectivity index (χ0) is 14.9. The summed E-state index contributed by atoms with van der Waals surface area (Å²) >= 11 is 0. The Bertz CT molecular complexity index is 256. The van der Waals surface area contributed by atoms with E-state index in [2.05, 4.69) is 19.2 Å². The summed E-state index contributed by atoms with van der Waals surface area (Å²) in [7, 11) is 1.43. The highest BCUT2D eigenvalue weighted by Crippen LogP contribution is 2.16. The van der Waals surface area contributed by atoms with Crippen LogP contribution >= 0.6 is 0 Å². The number of carbonyl (C=O) groups excluding carboxylic acids is 1. The third kappa shape index (κ3) is 7.53. The van der Waals surface area contributed by atoms with Gasteiger partial charge in [-0.1, -0.05) is 13.3 Å². The topological polar surface area (TPSA) is 47.6 Å². The fourth-order valence-corrected chi connectivity index (χ4v) is 2.30. The lowest BCUT2D eigenvalue weighted by Gasteiger charge is -2.30. The normalized spacial score (nSPS) is 16.2. The number of carbonyl (C=O) groups is 1. The van der Waals surface area contributed by atoms with Gasteiger partial charge in [-0.05, 0) is 47.0 Å². The molecule has 0 fully saturated rings. The predicted molar refractivity (Wildman–Crippen MR) is 78.2 cm³/mol. The molecule has 0 aliphatic rings. The van der Waals surface area contributed by atoms with Gasteiger partial charge in [0.25, 0.3) is 0 Å². The minimum atomic E-state index is -0.625. The first-order chi connectivity index (χ1) is 8.85. The van der Waals surface area contributed by atoms with Gasteiger partial charge in [-0.3, -0.25) is 10.1 Å². The predicted octanol–water partition coefficient (Wildman–Crippen LogP) is 2.90. The molecule has 114 valence electrons. The number of hydrogen-bond donors (Lipinski definition) is 1. The van der Waals surface area contributed by atoms with Crippen molar-refractivity contribution in [3.05, 3.63) is 0 Å². The second kappa shape index (κ2) is 9.32. The van der Waals surface area contributed by atoms with Crippen LogP contribution in [0.4, 0.5) is 0 Å². The molecule has 0 rings (SSSR count). The van der Waals surface area contributed by atoms with Gasteiger partial charge in [0, 0.05) is 12.6 Å². The molecule has 0 radical (unpaired) electrons. The third-order valence-corrected chi connectivity index (χ3v) is 3.16. The number of nitrogens with one attached hydrogen (secondary N) is 1. The van der Waals surface area contributed by atoms with Gasteiger partial charge >= 0.3 is 5.97 Å². The molecule has 4 heteroatoms. The largest absolute Gasteiger partial charge is 0.468 e. The fraction of sp³-hybridized carbons (Fsp3) is 0.933. The van der Waals surface area contributed by atoms with Crippen LogP contribution in [0.1, 0.15) is 60.3 Å². The van der Waals surface area contributed by atoms with E-state index in [0.29, 0.717) is 12.7 Å². The van der Waals surface area contributed by atoms with Crippen molar-refractivity contribution in [1.29, 1.82) is 0 Å². The molecule has 1 N–H and O–H groups in total. The van der Waals surface area contributed by atoms with Crippen molar-refractivity contribution >= 4 is 5.97 Å². The highest BCUT2D eigenvalue weighted by atomic mass is 16.5. The van der Waals surface area contributed by atoms with E-state index in [4.69, 9.17) is 9.47 Å². The van der Waals surface area contributed by atoms with Crippen LogP contribution in [0, 0.1) is 0 Å². The van der Waals surface area contributed by atoms with Gasteiger partial charge in [-0.25, -0.2) is 0 Å². The van der Waals surface area contributed by atoms with Crippen molar-refractivity contribution in [1.82, 2.24) is 5.32 Å². The average Bonchev–Trinajstić information content (AvgIpc) is 2.33. The zero-order valence-electron chi connectivity index (χ0n) is 13.4. The number of ether oxygens (including phenoxy) is 2. The second-order valence-electron chi connectivity index (χ2n) is 5.70. The summed E-state index contributed by atoms with van der Waals surface area (Å²) in [5, 5.41) is 3.29. The van der Waals surface area contributed by atoms with Crippen molar-refractivity contribution < 1.29 is 14.3 Å². The summed E-state index contributed by atoms with van der Waals surface area (Å²) < 4.78 is 10.6. The molecule has 0 aromatic carbocycles. The van der Waals surface area contributed by atoms with Gasteiger partial charge in [-0.2, -0.15) is 0 Å². The molecule has 4 nitrogen and oxygen atoms in total. The standard InChI is InChI=1S/C15H31NO3/c1-7-9-13(4)19-11-8-10-15(5,14(17)18-6)16-12(2)3/h12-13,16H,7-11H2,1-6H3. The van der Waals surface area contributed by atoms with E-state index in [-0.39, 0.29) is 12.0 Å². The summed E-state index contributed by atoms with van der Waals surface area (Å²) in [6.45, 7) is 10.9. The maximum atomic E-state index is 11.9. The summed E-state index contributed by atoms with van der Waals surface area (Å²) in [6, 6.07) is 0.240. The summed E-state index contributed by atoms with van der Waals surface area (Å²) in [5.74, 6) is -0.206. The first kappa shape index (κ1) is 18.4. The Morgan fingerprint density at radius 2 is 1.95 bits per heavy atom. The molecule has 0 amide bonds. The Morgan fingerprint density at radius 3 is 2.42 bits per heavy atom. The average molecular weight is 273 g/mol. The lowest BCUT2D eigenvalue weighted by Crippen LogP contribution is -2.53. The highest BCUT2D eigenvalue weighted by Gasteiger charge is 2.34. The molecule has 0 saturated heterocycles. The number of methoxy groups -OCH3 is 1. The van der Waals surface area contributed by atoms with E-state index in [0.717, 1.165) is 25.7 Å². The summed E-state index contributed by atoms with van der Waals surface area (Å²) in [6.07, 6.45) is 4.08. The van der Waals surface area contributed by atoms with E-state index in [9.17, 15) is 4.79 Å². The Labute approximate surface area is 118 Å². The van der Waals surface area contributed by atoms with Crippen molar-refractivity contribution in [3.8, 4) is 0 Å². The second-order valence-corrected chi connectivity index (χ2v) is 5.70.